The van der Waals surface area contributed by atoms with Gasteiger partial charge in [-0.2, -0.15) is 5.10 Å². The number of rotatable bonds is 6. The second kappa shape index (κ2) is 7.88. The average molecular weight is 414 g/mol. The van der Waals surface area contributed by atoms with Crippen molar-refractivity contribution < 1.29 is 9.53 Å². The summed E-state index contributed by atoms with van der Waals surface area (Å²) < 4.78 is 7.58. The summed E-state index contributed by atoms with van der Waals surface area (Å²) in [5.41, 5.74) is 3.82. The van der Waals surface area contributed by atoms with Crippen molar-refractivity contribution in [1.82, 2.24) is 29.6 Å². The summed E-state index contributed by atoms with van der Waals surface area (Å²) in [4.78, 5) is 28.4. The molecule has 156 valence electrons. The fourth-order valence-electron chi connectivity index (χ4n) is 3.67. The number of likely N-dealkylation sites (N-methyl/N-ethyl adjacent to an activating group) is 1. The lowest BCUT2D eigenvalue weighted by atomic mass is 10.1. The van der Waals surface area contributed by atoms with Crippen LogP contribution in [0.2, 0.25) is 0 Å². The molecule has 1 fully saturated rings. The Morgan fingerprint density at radius 1 is 1.13 bits per heavy atom. The SMILES string of the molecule is CN1CC(Oc2cc(C(=O)Cc3cc4nc(-c5cnn(C)c5)ccc4cn3)ccn2)C1. The molecular weight excluding hydrogens is 392 g/mol. The van der Waals surface area contributed by atoms with E-state index in [1.54, 1.807) is 35.4 Å². The highest BCUT2D eigenvalue weighted by Crippen LogP contribution is 2.21. The molecule has 0 N–H and O–H groups in total. The van der Waals surface area contributed by atoms with Crippen molar-refractivity contribution in [3.8, 4) is 17.1 Å². The van der Waals surface area contributed by atoms with E-state index < -0.39 is 0 Å². The van der Waals surface area contributed by atoms with Gasteiger partial charge in [0, 0.05) is 61.3 Å². The summed E-state index contributed by atoms with van der Waals surface area (Å²) in [7, 11) is 3.91. The van der Waals surface area contributed by atoms with Gasteiger partial charge in [-0.05, 0) is 31.3 Å². The lowest BCUT2D eigenvalue weighted by Gasteiger charge is -2.35. The smallest absolute Gasteiger partial charge is 0.214 e. The third-order valence-electron chi connectivity index (χ3n) is 5.35. The van der Waals surface area contributed by atoms with Gasteiger partial charge in [0.25, 0.3) is 0 Å². The van der Waals surface area contributed by atoms with Crippen molar-refractivity contribution in [2.45, 2.75) is 12.5 Å². The maximum Gasteiger partial charge on any atom is 0.214 e. The Balaban J connectivity index is 1.34. The summed E-state index contributed by atoms with van der Waals surface area (Å²) in [6, 6.07) is 9.22. The van der Waals surface area contributed by atoms with Crippen LogP contribution in [0.5, 0.6) is 5.88 Å². The van der Waals surface area contributed by atoms with E-state index >= 15 is 0 Å². The normalized spacial score (nSPS) is 14.5. The van der Waals surface area contributed by atoms with Gasteiger partial charge in [0.05, 0.1) is 29.5 Å². The number of hydrogen-bond donors (Lipinski definition) is 0. The van der Waals surface area contributed by atoms with E-state index in [4.69, 9.17) is 9.72 Å². The molecule has 0 aliphatic carbocycles. The highest BCUT2D eigenvalue weighted by molar-refractivity contribution is 5.97. The zero-order valence-corrected chi connectivity index (χ0v) is 17.4. The van der Waals surface area contributed by atoms with Crippen molar-refractivity contribution in [2.24, 2.45) is 7.05 Å². The Kier molecular flexibility index (Phi) is 4.91. The molecule has 1 saturated heterocycles. The standard InChI is InChI=1S/C23H22N6O2/c1-28-13-19(14-28)31-23-7-15(5-6-24-23)22(30)9-18-8-21-16(10-25-18)3-4-20(27-21)17-11-26-29(2)12-17/h3-8,10-12,19H,9,13-14H2,1-2H3. The van der Waals surface area contributed by atoms with E-state index in [0.29, 0.717) is 17.1 Å². The third kappa shape index (κ3) is 4.15. The first kappa shape index (κ1) is 19.3. The van der Waals surface area contributed by atoms with Gasteiger partial charge in [-0.1, -0.05) is 0 Å². The lowest BCUT2D eigenvalue weighted by Crippen LogP contribution is -2.51. The van der Waals surface area contributed by atoms with Crippen molar-refractivity contribution in [2.75, 3.05) is 20.1 Å². The number of nitrogens with zero attached hydrogens (tertiary/aromatic N) is 6. The topological polar surface area (TPSA) is 86.0 Å². The summed E-state index contributed by atoms with van der Waals surface area (Å²) in [6.07, 6.45) is 7.39. The molecule has 0 bridgehead atoms. The van der Waals surface area contributed by atoms with Crippen LogP contribution in [0, 0.1) is 0 Å². The van der Waals surface area contributed by atoms with E-state index in [2.05, 4.69) is 20.0 Å². The Morgan fingerprint density at radius 3 is 2.77 bits per heavy atom. The quantitative estimate of drug-likeness (QED) is 0.448. The van der Waals surface area contributed by atoms with Crippen LogP contribution in [0.15, 0.2) is 55.1 Å². The number of hydrogen-bond acceptors (Lipinski definition) is 7. The number of carbonyl (C=O) groups excluding carboxylic acids is 1. The molecule has 5 rings (SSSR count). The van der Waals surface area contributed by atoms with E-state index in [1.807, 2.05) is 38.5 Å². The third-order valence-corrected chi connectivity index (χ3v) is 5.35. The van der Waals surface area contributed by atoms with Crippen LogP contribution >= 0.6 is 0 Å². The van der Waals surface area contributed by atoms with Gasteiger partial charge in [-0.3, -0.25) is 19.4 Å². The molecule has 1 aliphatic heterocycles. The lowest BCUT2D eigenvalue weighted by molar-refractivity contribution is 0.0355. The molecule has 0 saturated carbocycles. The van der Waals surface area contributed by atoms with E-state index in [1.165, 1.54) is 0 Å². The van der Waals surface area contributed by atoms with Gasteiger partial charge in [0.15, 0.2) is 5.78 Å². The number of pyridine rings is 3. The minimum atomic E-state index is -0.0340. The van der Waals surface area contributed by atoms with Crippen LogP contribution in [-0.2, 0) is 13.5 Å². The van der Waals surface area contributed by atoms with Crippen LogP contribution in [0.1, 0.15) is 16.1 Å². The number of Topliss-reactive ketones (excluding diaryl/α,β-unsaturated/α-hetero) is 1. The molecule has 0 atom stereocenters. The number of fused-ring (bicyclic) bond motifs is 1. The van der Waals surface area contributed by atoms with Crippen LogP contribution in [0.3, 0.4) is 0 Å². The second-order valence-corrected chi connectivity index (χ2v) is 7.91. The maximum absolute atomic E-state index is 12.9. The number of aromatic nitrogens is 5. The van der Waals surface area contributed by atoms with Crippen molar-refractivity contribution in [3.63, 3.8) is 0 Å². The Labute approximate surface area is 179 Å². The van der Waals surface area contributed by atoms with Gasteiger partial charge in [-0.15, -0.1) is 0 Å². The van der Waals surface area contributed by atoms with Crippen molar-refractivity contribution in [3.05, 3.63) is 66.4 Å². The fourth-order valence-corrected chi connectivity index (χ4v) is 3.67. The number of aryl methyl sites for hydroxylation is 1. The van der Waals surface area contributed by atoms with Crippen molar-refractivity contribution in [1.29, 1.82) is 0 Å². The molecule has 4 aromatic heterocycles. The van der Waals surface area contributed by atoms with Crippen molar-refractivity contribution >= 4 is 16.7 Å². The molecule has 8 nitrogen and oxygen atoms in total. The molecule has 0 amide bonds. The monoisotopic (exact) mass is 414 g/mol. The molecule has 0 unspecified atom stereocenters. The molecule has 0 radical (unpaired) electrons. The minimum Gasteiger partial charge on any atom is -0.472 e. The van der Waals surface area contributed by atoms with Gasteiger partial charge in [-0.25, -0.2) is 9.97 Å². The number of ketones is 1. The van der Waals surface area contributed by atoms with Gasteiger partial charge < -0.3 is 4.74 Å². The zero-order valence-electron chi connectivity index (χ0n) is 17.4. The Bertz CT molecular complexity index is 1260. The second-order valence-electron chi connectivity index (χ2n) is 7.91. The van der Waals surface area contributed by atoms with Crippen LogP contribution < -0.4 is 4.74 Å². The Hall–Kier alpha value is -3.65. The zero-order chi connectivity index (χ0) is 21.4. The van der Waals surface area contributed by atoms with Crippen LogP contribution in [0.25, 0.3) is 22.2 Å². The predicted molar refractivity (Wildman–Crippen MR) is 116 cm³/mol. The van der Waals surface area contributed by atoms with Gasteiger partial charge >= 0.3 is 0 Å². The molecule has 4 aromatic rings. The minimum absolute atomic E-state index is 0.0340. The number of carbonyl (C=O) groups is 1. The molecule has 8 heteroatoms. The van der Waals surface area contributed by atoms with Gasteiger partial charge in [0.1, 0.15) is 6.10 Å². The van der Waals surface area contributed by atoms with E-state index in [0.717, 1.165) is 35.2 Å². The molecule has 31 heavy (non-hydrogen) atoms. The Morgan fingerprint density at radius 2 is 2.00 bits per heavy atom. The number of ether oxygens (including phenoxy) is 1. The molecule has 0 aromatic carbocycles. The van der Waals surface area contributed by atoms with Crippen LogP contribution in [-0.4, -0.2) is 61.7 Å². The molecule has 1 aliphatic rings. The summed E-state index contributed by atoms with van der Waals surface area (Å²) in [5.74, 6) is 0.450. The summed E-state index contributed by atoms with van der Waals surface area (Å²) >= 11 is 0. The average Bonchev–Trinajstić information content (AvgIpc) is 3.19. The van der Waals surface area contributed by atoms with E-state index in [9.17, 15) is 4.79 Å². The maximum atomic E-state index is 12.9. The van der Waals surface area contributed by atoms with Crippen LogP contribution in [0.4, 0.5) is 0 Å². The summed E-state index contributed by atoms with van der Waals surface area (Å²) in [5, 5.41) is 5.13. The highest BCUT2D eigenvalue weighted by Gasteiger charge is 2.25. The number of likely N-dealkylation sites (tertiary alicyclic amines) is 1. The predicted octanol–water partition coefficient (Wildman–Crippen LogP) is 2.54. The highest BCUT2D eigenvalue weighted by atomic mass is 16.5. The molecular formula is C23H22N6O2. The first-order chi connectivity index (χ1) is 15.0. The first-order valence-electron chi connectivity index (χ1n) is 10.1. The first-order valence-corrected chi connectivity index (χ1v) is 10.1. The summed E-state index contributed by atoms with van der Waals surface area (Å²) in [6.45, 7) is 1.74. The fraction of sp³-hybridized carbons (Fsp3) is 0.261. The largest absolute Gasteiger partial charge is 0.472 e. The molecule has 0 spiro atoms. The molecule has 5 heterocycles. The van der Waals surface area contributed by atoms with E-state index in [-0.39, 0.29) is 18.3 Å². The van der Waals surface area contributed by atoms with Gasteiger partial charge in [0.2, 0.25) is 5.88 Å².